The highest BCUT2D eigenvalue weighted by Gasteiger charge is 2.22. The van der Waals surface area contributed by atoms with Crippen LogP contribution in [0.2, 0.25) is 0 Å². The van der Waals surface area contributed by atoms with Gasteiger partial charge in [0.05, 0.1) is 0 Å². The topological polar surface area (TPSA) is 26.0 Å². The van der Waals surface area contributed by atoms with Crippen LogP contribution in [0.25, 0.3) is 0 Å². The van der Waals surface area contributed by atoms with Gasteiger partial charge in [-0.2, -0.15) is 0 Å². The van der Waals surface area contributed by atoms with E-state index in [4.69, 9.17) is 5.73 Å². The first-order valence-corrected chi connectivity index (χ1v) is 5.58. The molecule has 0 saturated carbocycles. The van der Waals surface area contributed by atoms with Crippen LogP contribution in [0, 0.1) is 17.3 Å². The van der Waals surface area contributed by atoms with Crippen molar-refractivity contribution >= 4 is 0 Å². The summed E-state index contributed by atoms with van der Waals surface area (Å²) in [6.45, 7) is 12.3. The van der Waals surface area contributed by atoms with Crippen molar-refractivity contribution in [2.75, 3.05) is 6.54 Å². The third-order valence-corrected chi connectivity index (χ3v) is 2.84. The zero-order valence-electron chi connectivity index (χ0n) is 10.1. The summed E-state index contributed by atoms with van der Waals surface area (Å²) in [6.07, 6.45) is 3.96. The van der Waals surface area contributed by atoms with Crippen molar-refractivity contribution in [3.8, 4) is 0 Å². The van der Waals surface area contributed by atoms with Crippen LogP contribution in [-0.4, -0.2) is 6.54 Å². The zero-order valence-corrected chi connectivity index (χ0v) is 10.1. The Morgan fingerprint density at radius 2 is 1.62 bits per heavy atom. The quantitative estimate of drug-likeness (QED) is 0.697. The maximum atomic E-state index is 5.78. The summed E-state index contributed by atoms with van der Waals surface area (Å²) in [5, 5.41) is 0. The normalized spacial score (nSPS) is 15.0. The lowest BCUT2D eigenvalue weighted by Gasteiger charge is -2.29. The highest BCUT2D eigenvalue weighted by Crippen LogP contribution is 2.29. The Labute approximate surface area is 84.1 Å². The smallest absolute Gasteiger partial charge is 0.00439 e. The van der Waals surface area contributed by atoms with Crippen molar-refractivity contribution in [1.29, 1.82) is 0 Å². The van der Waals surface area contributed by atoms with Crippen LogP contribution < -0.4 is 5.73 Å². The largest absolute Gasteiger partial charge is 0.330 e. The molecule has 0 fully saturated rings. The van der Waals surface area contributed by atoms with E-state index in [1.807, 2.05) is 0 Å². The Balaban J connectivity index is 3.73. The monoisotopic (exact) mass is 185 g/mol. The SMILES string of the molecule is CC(C)CCCC(CN)C(C)(C)C. The average molecular weight is 185 g/mol. The molecule has 0 rings (SSSR count). The fourth-order valence-electron chi connectivity index (χ4n) is 1.68. The minimum atomic E-state index is 0.381. The van der Waals surface area contributed by atoms with Crippen LogP contribution in [-0.2, 0) is 0 Å². The van der Waals surface area contributed by atoms with Gasteiger partial charge in [-0.3, -0.25) is 0 Å². The van der Waals surface area contributed by atoms with Crippen LogP contribution in [0.3, 0.4) is 0 Å². The molecule has 1 unspecified atom stereocenters. The van der Waals surface area contributed by atoms with Crippen molar-refractivity contribution in [2.24, 2.45) is 23.0 Å². The standard InChI is InChI=1S/C12H27N/c1-10(2)7-6-8-11(9-13)12(3,4)5/h10-11H,6-9,13H2,1-5H3. The molecule has 1 nitrogen and oxygen atoms in total. The van der Waals surface area contributed by atoms with Crippen molar-refractivity contribution in [3.63, 3.8) is 0 Å². The first-order valence-electron chi connectivity index (χ1n) is 5.58. The molecule has 0 saturated heterocycles. The Kier molecular flexibility index (Phi) is 5.62. The van der Waals surface area contributed by atoms with Crippen LogP contribution in [0.1, 0.15) is 53.9 Å². The molecule has 80 valence electrons. The predicted molar refractivity (Wildman–Crippen MR) is 60.7 cm³/mol. The van der Waals surface area contributed by atoms with Gasteiger partial charge < -0.3 is 5.73 Å². The second-order valence-electron chi connectivity index (χ2n) is 5.62. The number of hydrogen-bond donors (Lipinski definition) is 1. The fourth-order valence-corrected chi connectivity index (χ4v) is 1.68. The molecule has 1 atom stereocenters. The predicted octanol–water partition coefficient (Wildman–Crippen LogP) is 3.43. The van der Waals surface area contributed by atoms with Crippen LogP contribution in [0.4, 0.5) is 0 Å². The highest BCUT2D eigenvalue weighted by atomic mass is 14.6. The number of hydrogen-bond acceptors (Lipinski definition) is 1. The second-order valence-corrected chi connectivity index (χ2v) is 5.62. The van der Waals surface area contributed by atoms with Gasteiger partial charge in [0.2, 0.25) is 0 Å². The van der Waals surface area contributed by atoms with E-state index in [9.17, 15) is 0 Å². The summed E-state index contributed by atoms with van der Waals surface area (Å²) >= 11 is 0. The molecular formula is C12H27N. The third-order valence-electron chi connectivity index (χ3n) is 2.84. The van der Waals surface area contributed by atoms with E-state index in [2.05, 4.69) is 34.6 Å². The van der Waals surface area contributed by atoms with E-state index >= 15 is 0 Å². The van der Waals surface area contributed by atoms with Gasteiger partial charge >= 0.3 is 0 Å². The van der Waals surface area contributed by atoms with E-state index < -0.39 is 0 Å². The van der Waals surface area contributed by atoms with Gasteiger partial charge in [-0.15, -0.1) is 0 Å². The zero-order chi connectivity index (χ0) is 10.5. The molecule has 0 heterocycles. The summed E-state index contributed by atoms with van der Waals surface area (Å²) in [6, 6.07) is 0. The summed E-state index contributed by atoms with van der Waals surface area (Å²) in [5.74, 6) is 1.52. The lowest BCUT2D eigenvalue weighted by atomic mass is 9.77. The molecule has 0 radical (unpaired) electrons. The molecule has 2 N–H and O–H groups in total. The van der Waals surface area contributed by atoms with Crippen molar-refractivity contribution in [1.82, 2.24) is 0 Å². The molecule has 0 aliphatic heterocycles. The van der Waals surface area contributed by atoms with Gasteiger partial charge in [-0.05, 0) is 30.2 Å². The maximum Gasteiger partial charge on any atom is -0.00439 e. The second kappa shape index (κ2) is 5.64. The molecule has 0 aromatic heterocycles. The fraction of sp³-hybridized carbons (Fsp3) is 1.00. The maximum absolute atomic E-state index is 5.78. The minimum absolute atomic E-state index is 0.381. The number of rotatable bonds is 5. The molecule has 0 spiro atoms. The number of nitrogens with two attached hydrogens (primary N) is 1. The van der Waals surface area contributed by atoms with E-state index in [0.29, 0.717) is 11.3 Å². The van der Waals surface area contributed by atoms with Gasteiger partial charge in [-0.1, -0.05) is 47.5 Å². The molecular weight excluding hydrogens is 158 g/mol. The molecule has 1 heteroatoms. The van der Waals surface area contributed by atoms with Crippen LogP contribution in [0.15, 0.2) is 0 Å². The summed E-state index contributed by atoms with van der Waals surface area (Å²) in [7, 11) is 0. The first-order chi connectivity index (χ1) is 5.88. The van der Waals surface area contributed by atoms with Gasteiger partial charge in [0.25, 0.3) is 0 Å². The van der Waals surface area contributed by atoms with Crippen molar-refractivity contribution < 1.29 is 0 Å². The minimum Gasteiger partial charge on any atom is -0.330 e. The Morgan fingerprint density at radius 3 is 1.92 bits per heavy atom. The third kappa shape index (κ3) is 6.09. The molecule has 0 bridgehead atoms. The first kappa shape index (κ1) is 13.0. The van der Waals surface area contributed by atoms with E-state index in [1.54, 1.807) is 0 Å². The molecule has 0 amide bonds. The van der Waals surface area contributed by atoms with E-state index in [-0.39, 0.29) is 0 Å². The Bertz CT molecular complexity index is 122. The molecule has 13 heavy (non-hydrogen) atoms. The van der Waals surface area contributed by atoms with Gasteiger partial charge in [-0.25, -0.2) is 0 Å². The Hall–Kier alpha value is -0.0400. The Morgan fingerprint density at radius 1 is 1.08 bits per heavy atom. The summed E-state index contributed by atoms with van der Waals surface area (Å²) < 4.78 is 0. The summed E-state index contributed by atoms with van der Waals surface area (Å²) in [5.41, 5.74) is 6.16. The van der Waals surface area contributed by atoms with Crippen LogP contribution >= 0.6 is 0 Å². The van der Waals surface area contributed by atoms with Crippen LogP contribution in [0.5, 0.6) is 0 Å². The lowest BCUT2D eigenvalue weighted by Crippen LogP contribution is -2.28. The molecule has 0 aliphatic rings. The summed E-state index contributed by atoms with van der Waals surface area (Å²) in [4.78, 5) is 0. The van der Waals surface area contributed by atoms with Gasteiger partial charge in [0.15, 0.2) is 0 Å². The average Bonchev–Trinajstić information content (AvgIpc) is 1.95. The lowest BCUT2D eigenvalue weighted by molar-refractivity contribution is 0.225. The van der Waals surface area contributed by atoms with Gasteiger partial charge in [0.1, 0.15) is 0 Å². The molecule has 0 aromatic carbocycles. The van der Waals surface area contributed by atoms with E-state index in [1.165, 1.54) is 19.3 Å². The molecule has 0 aromatic rings. The molecule has 0 aliphatic carbocycles. The van der Waals surface area contributed by atoms with Gasteiger partial charge in [0, 0.05) is 0 Å². The highest BCUT2D eigenvalue weighted by molar-refractivity contribution is 4.74. The van der Waals surface area contributed by atoms with E-state index in [0.717, 1.165) is 12.5 Å². The van der Waals surface area contributed by atoms with Crippen molar-refractivity contribution in [3.05, 3.63) is 0 Å². The van der Waals surface area contributed by atoms with Crippen molar-refractivity contribution in [2.45, 2.75) is 53.9 Å².